The topological polar surface area (TPSA) is 91.8 Å². The van der Waals surface area contributed by atoms with Crippen molar-refractivity contribution in [1.82, 2.24) is 20.3 Å². The molecule has 3 N–H and O–H groups in total. The quantitative estimate of drug-likeness (QED) is 0.672. The minimum Gasteiger partial charge on any atom is -0.368 e. The van der Waals surface area contributed by atoms with Crippen molar-refractivity contribution < 1.29 is 9.18 Å². The van der Waals surface area contributed by atoms with Crippen LogP contribution in [0.15, 0.2) is 24.5 Å². The highest BCUT2D eigenvalue weighted by Crippen LogP contribution is 2.09. The van der Waals surface area contributed by atoms with Crippen LogP contribution in [0.1, 0.15) is 23.0 Å². The fourth-order valence-corrected chi connectivity index (χ4v) is 1.92. The van der Waals surface area contributed by atoms with Gasteiger partial charge in [-0.05, 0) is 19.9 Å². The summed E-state index contributed by atoms with van der Waals surface area (Å²) in [6.45, 7) is 5.37. The predicted octanol–water partition coefficient (Wildman–Crippen LogP) is 1.59. The number of amides is 1. The number of rotatable bonds is 7. The van der Waals surface area contributed by atoms with Crippen molar-refractivity contribution in [3.8, 4) is 0 Å². The minimum atomic E-state index is -0.639. The minimum absolute atomic E-state index is 0.0210. The second-order valence-corrected chi connectivity index (χ2v) is 4.79. The highest BCUT2D eigenvalue weighted by atomic mass is 19.1. The molecule has 0 saturated heterocycles. The zero-order chi connectivity index (χ0) is 16.7. The van der Waals surface area contributed by atoms with E-state index in [0.29, 0.717) is 24.9 Å². The third-order valence-corrected chi connectivity index (χ3v) is 2.92. The summed E-state index contributed by atoms with van der Waals surface area (Å²) in [5.74, 6) is 0.106. The molecule has 8 heteroatoms. The Bertz CT molecular complexity index is 679. The lowest BCUT2D eigenvalue weighted by Gasteiger charge is -2.10. The predicted molar refractivity (Wildman–Crippen MR) is 86.0 cm³/mol. The molecule has 0 spiro atoms. The van der Waals surface area contributed by atoms with E-state index in [2.05, 4.69) is 30.9 Å². The number of halogens is 1. The van der Waals surface area contributed by atoms with Crippen LogP contribution in [0.4, 0.5) is 16.2 Å². The van der Waals surface area contributed by atoms with E-state index in [4.69, 9.17) is 0 Å². The van der Waals surface area contributed by atoms with Crippen molar-refractivity contribution in [1.29, 1.82) is 0 Å². The van der Waals surface area contributed by atoms with Gasteiger partial charge in [0.05, 0.1) is 11.8 Å². The van der Waals surface area contributed by atoms with Crippen LogP contribution in [0.3, 0.4) is 0 Å². The molecule has 122 valence electrons. The summed E-state index contributed by atoms with van der Waals surface area (Å²) in [4.78, 5) is 24.0. The Kier molecular flexibility index (Phi) is 5.79. The zero-order valence-corrected chi connectivity index (χ0v) is 13.1. The summed E-state index contributed by atoms with van der Waals surface area (Å²) in [7, 11) is 0. The molecular weight excluding hydrogens is 299 g/mol. The zero-order valence-electron chi connectivity index (χ0n) is 13.1. The first-order valence-corrected chi connectivity index (χ1v) is 7.31. The number of nitrogens with one attached hydrogen (secondary N) is 3. The lowest BCUT2D eigenvalue weighted by atomic mass is 10.2. The first kappa shape index (κ1) is 16.6. The average Bonchev–Trinajstić information content (AvgIpc) is 2.51. The van der Waals surface area contributed by atoms with Gasteiger partial charge in [0.1, 0.15) is 5.82 Å². The van der Waals surface area contributed by atoms with Gasteiger partial charge in [-0.15, -0.1) is 0 Å². The van der Waals surface area contributed by atoms with Crippen LogP contribution in [0.2, 0.25) is 0 Å². The van der Waals surface area contributed by atoms with Gasteiger partial charge in [-0.3, -0.25) is 9.78 Å². The van der Waals surface area contributed by atoms with Crippen LogP contribution in [0, 0.1) is 12.7 Å². The standard InChI is InChI=1S/C15H19FN6O/c1-3-18-15-21-10(2)8-13(22-15)19-6-7-20-14(23)11-4-5-17-9-12(11)16/h4-5,8-9H,3,6-7H2,1-2H3,(H,20,23)(H2,18,19,21,22). The van der Waals surface area contributed by atoms with Crippen LogP contribution in [-0.2, 0) is 0 Å². The molecule has 23 heavy (non-hydrogen) atoms. The van der Waals surface area contributed by atoms with Gasteiger partial charge in [0, 0.05) is 37.6 Å². The summed E-state index contributed by atoms with van der Waals surface area (Å²) in [6, 6.07) is 3.15. The molecule has 0 fully saturated rings. The second kappa shape index (κ2) is 8.02. The number of anilines is 2. The summed E-state index contributed by atoms with van der Waals surface area (Å²) in [5, 5.41) is 8.78. The fraction of sp³-hybridized carbons (Fsp3) is 0.333. The molecule has 2 aromatic heterocycles. The number of hydrogen-bond donors (Lipinski definition) is 3. The highest BCUT2D eigenvalue weighted by Gasteiger charge is 2.10. The molecule has 0 unspecified atom stereocenters. The summed E-state index contributed by atoms with van der Waals surface area (Å²) < 4.78 is 13.4. The molecule has 0 radical (unpaired) electrons. The van der Waals surface area contributed by atoms with E-state index in [0.717, 1.165) is 18.4 Å². The van der Waals surface area contributed by atoms with Crippen LogP contribution in [-0.4, -0.2) is 40.5 Å². The van der Waals surface area contributed by atoms with Gasteiger partial charge in [-0.2, -0.15) is 4.98 Å². The third kappa shape index (κ3) is 4.87. The smallest absolute Gasteiger partial charge is 0.254 e. The monoisotopic (exact) mass is 318 g/mol. The van der Waals surface area contributed by atoms with Crippen molar-refractivity contribution in [2.24, 2.45) is 0 Å². The van der Waals surface area contributed by atoms with Gasteiger partial charge in [0.25, 0.3) is 5.91 Å². The maximum absolute atomic E-state index is 13.4. The Hall–Kier alpha value is -2.77. The Morgan fingerprint density at radius 1 is 1.26 bits per heavy atom. The van der Waals surface area contributed by atoms with E-state index in [1.54, 1.807) is 0 Å². The molecule has 0 aliphatic carbocycles. The van der Waals surface area contributed by atoms with E-state index < -0.39 is 11.7 Å². The molecule has 0 aliphatic heterocycles. The number of hydrogen-bond acceptors (Lipinski definition) is 6. The molecule has 0 saturated carbocycles. The largest absolute Gasteiger partial charge is 0.368 e. The van der Waals surface area contributed by atoms with Gasteiger partial charge in [-0.25, -0.2) is 9.37 Å². The number of pyridine rings is 1. The first-order valence-electron chi connectivity index (χ1n) is 7.31. The Labute approximate surface area is 133 Å². The number of aryl methyl sites for hydroxylation is 1. The summed E-state index contributed by atoms with van der Waals surface area (Å²) >= 11 is 0. The average molecular weight is 318 g/mol. The Morgan fingerprint density at radius 2 is 2.09 bits per heavy atom. The maximum Gasteiger partial charge on any atom is 0.254 e. The molecule has 0 aliphatic rings. The van der Waals surface area contributed by atoms with Crippen molar-refractivity contribution in [3.63, 3.8) is 0 Å². The van der Waals surface area contributed by atoms with Crippen LogP contribution in [0.5, 0.6) is 0 Å². The SMILES string of the molecule is CCNc1nc(C)cc(NCCNC(=O)c2ccncc2F)n1. The lowest BCUT2D eigenvalue weighted by Crippen LogP contribution is -2.29. The molecule has 2 heterocycles. The van der Waals surface area contributed by atoms with Crippen LogP contribution >= 0.6 is 0 Å². The van der Waals surface area contributed by atoms with E-state index in [1.165, 1.54) is 12.3 Å². The number of carbonyl (C=O) groups is 1. The van der Waals surface area contributed by atoms with Crippen molar-refractivity contribution in [3.05, 3.63) is 41.6 Å². The van der Waals surface area contributed by atoms with Crippen LogP contribution in [0.25, 0.3) is 0 Å². The molecular formula is C15H19FN6O. The van der Waals surface area contributed by atoms with Gasteiger partial charge < -0.3 is 16.0 Å². The number of nitrogens with zero attached hydrogens (tertiary/aromatic N) is 3. The number of aromatic nitrogens is 3. The van der Waals surface area contributed by atoms with Crippen molar-refractivity contribution in [2.45, 2.75) is 13.8 Å². The molecule has 1 amide bonds. The number of carbonyl (C=O) groups excluding carboxylic acids is 1. The molecule has 2 aromatic rings. The Morgan fingerprint density at radius 3 is 2.83 bits per heavy atom. The first-order chi connectivity index (χ1) is 11.1. The third-order valence-electron chi connectivity index (χ3n) is 2.92. The molecule has 0 atom stereocenters. The van der Waals surface area contributed by atoms with E-state index in [-0.39, 0.29) is 5.56 Å². The van der Waals surface area contributed by atoms with E-state index in [1.807, 2.05) is 19.9 Å². The molecule has 7 nitrogen and oxygen atoms in total. The van der Waals surface area contributed by atoms with Gasteiger partial charge >= 0.3 is 0 Å². The van der Waals surface area contributed by atoms with Crippen molar-refractivity contribution in [2.75, 3.05) is 30.3 Å². The Balaban J connectivity index is 1.84. The van der Waals surface area contributed by atoms with Gasteiger partial charge in [-0.1, -0.05) is 0 Å². The van der Waals surface area contributed by atoms with Crippen LogP contribution < -0.4 is 16.0 Å². The summed E-state index contributed by atoms with van der Waals surface area (Å²) in [5.41, 5.74) is 0.814. The van der Waals surface area contributed by atoms with E-state index in [9.17, 15) is 9.18 Å². The molecule has 0 bridgehead atoms. The van der Waals surface area contributed by atoms with E-state index >= 15 is 0 Å². The lowest BCUT2D eigenvalue weighted by molar-refractivity contribution is 0.0951. The van der Waals surface area contributed by atoms with Gasteiger partial charge in [0.15, 0.2) is 5.82 Å². The molecule has 2 rings (SSSR count). The highest BCUT2D eigenvalue weighted by molar-refractivity contribution is 5.94. The molecule has 0 aromatic carbocycles. The maximum atomic E-state index is 13.4. The second-order valence-electron chi connectivity index (χ2n) is 4.79. The van der Waals surface area contributed by atoms with Gasteiger partial charge in [0.2, 0.25) is 5.95 Å². The van der Waals surface area contributed by atoms with Crippen molar-refractivity contribution >= 4 is 17.7 Å². The normalized spacial score (nSPS) is 10.2. The fourth-order valence-electron chi connectivity index (χ4n) is 1.92. The summed E-state index contributed by atoms with van der Waals surface area (Å²) in [6.07, 6.45) is 2.39.